The first-order chi connectivity index (χ1) is 10.3. The maximum absolute atomic E-state index is 4.04. The van der Waals surface area contributed by atoms with Crippen LogP contribution in [0.15, 0.2) is 0 Å². The second kappa shape index (κ2) is 5.87. The fourth-order valence-electron chi connectivity index (χ4n) is 7.31. The smallest absolute Gasteiger partial charge is 0.0152 e. The Morgan fingerprint density at radius 3 is 1.86 bits per heavy atom. The molecule has 0 aliphatic heterocycles. The van der Waals surface area contributed by atoms with Gasteiger partial charge < -0.3 is 5.32 Å². The molecule has 5 aliphatic carbocycles. The first-order valence-corrected chi connectivity index (χ1v) is 10.0. The van der Waals surface area contributed by atoms with Gasteiger partial charge in [-0.05, 0) is 87.0 Å². The van der Waals surface area contributed by atoms with Crippen LogP contribution >= 0.6 is 0 Å². The molecular formula is C20H35N. The Balaban J connectivity index is 1.57. The van der Waals surface area contributed by atoms with Crippen LogP contribution in [0.2, 0.25) is 0 Å². The fourth-order valence-corrected chi connectivity index (χ4v) is 7.31. The molecule has 5 aliphatic rings. The summed E-state index contributed by atoms with van der Waals surface area (Å²) in [5, 5.41) is 4.04. The lowest BCUT2D eigenvalue weighted by Gasteiger charge is -2.61. The minimum absolute atomic E-state index is 0.708. The SMILES string of the molecule is CCNC(C1CCCCCC1)C12CC3CC(CC(C3)C1)C2. The third-order valence-corrected chi connectivity index (χ3v) is 7.54. The van der Waals surface area contributed by atoms with E-state index in [9.17, 15) is 0 Å². The van der Waals surface area contributed by atoms with E-state index in [2.05, 4.69) is 12.2 Å². The zero-order chi connectivity index (χ0) is 14.3. The highest BCUT2D eigenvalue weighted by molar-refractivity contribution is 5.07. The molecule has 0 heterocycles. The van der Waals surface area contributed by atoms with Crippen molar-refractivity contribution in [2.24, 2.45) is 29.1 Å². The van der Waals surface area contributed by atoms with E-state index in [-0.39, 0.29) is 0 Å². The Kier molecular flexibility index (Phi) is 4.07. The van der Waals surface area contributed by atoms with Crippen molar-refractivity contribution in [2.45, 2.75) is 90.0 Å². The molecule has 5 fully saturated rings. The fraction of sp³-hybridized carbons (Fsp3) is 1.00. The number of nitrogens with one attached hydrogen (secondary N) is 1. The van der Waals surface area contributed by atoms with E-state index in [1.807, 2.05) is 0 Å². The van der Waals surface area contributed by atoms with Crippen molar-refractivity contribution in [2.75, 3.05) is 6.54 Å². The van der Waals surface area contributed by atoms with Gasteiger partial charge in [0.25, 0.3) is 0 Å². The van der Waals surface area contributed by atoms with Gasteiger partial charge in [0.15, 0.2) is 0 Å². The molecule has 5 saturated carbocycles. The highest BCUT2D eigenvalue weighted by atomic mass is 14.9. The molecule has 1 atom stereocenters. The Labute approximate surface area is 131 Å². The highest BCUT2D eigenvalue weighted by Gasteiger charge is 2.55. The Morgan fingerprint density at radius 2 is 1.38 bits per heavy atom. The molecule has 1 heteroatoms. The average molecular weight is 290 g/mol. The van der Waals surface area contributed by atoms with Gasteiger partial charge in [0.05, 0.1) is 0 Å². The molecule has 0 radical (unpaired) electrons. The van der Waals surface area contributed by atoms with Crippen molar-refractivity contribution in [1.82, 2.24) is 5.32 Å². The molecule has 0 aromatic heterocycles. The average Bonchev–Trinajstić information content (AvgIpc) is 2.72. The molecule has 21 heavy (non-hydrogen) atoms. The maximum Gasteiger partial charge on any atom is 0.0152 e. The van der Waals surface area contributed by atoms with Crippen LogP contribution in [0.1, 0.15) is 84.0 Å². The third kappa shape index (κ3) is 2.69. The molecule has 120 valence electrons. The summed E-state index contributed by atoms with van der Waals surface area (Å²) in [7, 11) is 0. The van der Waals surface area contributed by atoms with Gasteiger partial charge in [-0.2, -0.15) is 0 Å². The minimum atomic E-state index is 0.708. The molecule has 4 bridgehead atoms. The largest absolute Gasteiger partial charge is 0.313 e. The monoisotopic (exact) mass is 289 g/mol. The lowest BCUT2D eigenvalue weighted by atomic mass is 9.46. The first-order valence-electron chi connectivity index (χ1n) is 10.0. The Hall–Kier alpha value is -0.0400. The van der Waals surface area contributed by atoms with Gasteiger partial charge in [-0.25, -0.2) is 0 Å². The molecule has 0 aromatic rings. The minimum Gasteiger partial charge on any atom is -0.313 e. The lowest BCUT2D eigenvalue weighted by Crippen LogP contribution is -2.58. The summed E-state index contributed by atoms with van der Waals surface area (Å²) in [6.07, 6.45) is 18.5. The lowest BCUT2D eigenvalue weighted by molar-refractivity contribution is -0.0859. The van der Waals surface area contributed by atoms with Crippen LogP contribution in [0.5, 0.6) is 0 Å². The van der Waals surface area contributed by atoms with E-state index in [0.29, 0.717) is 5.41 Å². The normalized spacial score (nSPS) is 44.7. The van der Waals surface area contributed by atoms with E-state index in [1.165, 1.54) is 45.1 Å². The van der Waals surface area contributed by atoms with Crippen molar-refractivity contribution < 1.29 is 0 Å². The van der Waals surface area contributed by atoms with Crippen LogP contribution in [0.4, 0.5) is 0 Å². The zero-order valence-electron chi connectivity index (χ0n) is 14.1. The Bertz CT molecular complexity index is 318. The number of hydrogen-bond donors (Lipinski definition) is 1. The second-order valence-corrected chi connectivity index (χ2v) is 9.07. The van der Waals surface area contributed by atoms with Crippen molar-refractivity contribution in [1.29, 1.82) is 0 Å². The van der Waals surface area contributed by atoms with Crippen molar-refractivity contribution in [3.63, 3.8) is 0 Å². The van der Waals surface area contributed by atoms with Gasteiger partial charge in [0.2, 0.25) is 0 Å². The predicted octanol–water partition coefficient (Wildman–Crippen LogP) is 5.15. The summed E-state index contributed by atoms with van der Waals surface area (Å²) >= 11 is 0. The van der Waals surface area contributed by atoms with Gasteiger partial charge in [-0.3, -0.25) is 0 Å². The van der Waals surface area contributed by atoms with Gasteiger partial charge >= 0.3 is 0 Å². The maximum atomic E-state index is 4.04. The van der Waals surface area contributed by atoms with Crippen molar-refractivity contribution in [3.05, 3.63) is 0 Å². The van der Waals surface area contributed by atoms with Gasteiger partial charge in [-0.1, -0.05) is 32.6 Å². The van der Waals surface area contributed by atoms with Crippen LogP contribution in [0.3, 0.4) is 0 Å². The molecule has 0 saturated heterocycles. The molecular weight excluding hydrogens is 254 g/mol. The van der Waals surface area contributed by atoms with Crippen LogP contribution in [0, 0.1) is 29.1 Å². The molecule has 1 nitrogen and oxygen atoms in total. The van der Waals surface area contributed by atoms with Gasteiger partial charge in [-0.15, -0.1) is 0 Å². The van der Waals surface area contributed by atoms with Crippen LogP contribution in [0.25, 0.3) is 0 Å². The number of rotatable bonds is 4. The van der Waals surface area contributed by atoms with Crippen LogP contribution < -0.4 is 5.32 Å². The quantitative estimate of drug-likeness (QED) is 0.706. The van der Waals surface area contributed by atoms with Gasteiger partial charge in [0.1, 0.15) is 0 Å². The summed E-state index contributed by atoms with van der Waals surface area (Å²) in [4.78, 5) is 0. The summed E-state index contributed by atoms with van der Waals surface area (Å²) in [6.45, 7) is 3.52. The van der Waals surface area contributed by atoms with E-state index < -0.39 is 0 Å². The zero-order valence-corrected chi connectivity index (χ0v) is 14.1. The van der Waals surface area contributed by atoms with E-state index in [4.69, 9.17) is 0 Å². The summed E-state index contributed by atoms with van der Waals surface area (Å²) < 4.78 is 0. The predicted molar refractivity (Wildman–Crippen MR) is 89.3 cm³/mol. The van der Waals surface area contributed by atoms with Crippen LogP contribution in [-0.2, 0) is 0 Å². The molecule has 0 aromatic carbocycles. The third-order valence-electron chi connectivity index (χ3n) is 7.54. The molecule has 0 spiro atoms. The standard InChI is InChI=1S/C20H35N/c1-2-21-19(18-7-5-3-4-6-8-18)20-12-15-9-16(13-20)11-17(10-15)14-20/h15-19,21H,2-14H2,1H3. The van der Waals surface area contributed by atoms with E-state index in [1.54, 1.807) is 38.5 Å². The van der Waals surface area contributed by atoms with Crippen molar-refractivity contribution >= 4 is 0 Å². The topological polar surface area (TPSA) is 12.0 Å². The molecule has 0 amide bonds. The molecule has 5 rings (SSSR count). The summed E-state index contributed by atoms with van der Waals surface area (Å²) in [5.74, 6) is 4.29. The first kappa shape index (κ1) is 14.5. The highest BCUT2D eigenvalue weighted by Crippen LogP contribution is 2.62. The van der Waals surface area contributed by atoms with E-state index >= 15 is 0 Å². The summed E-state index contributed by atoms with van der Waals surface area (Å²) in [5.41, 5.74) is 0.708. The summed E-state index contributed by atoms with van der Waals surface area (Å²) in [6, 6.07) is 0.856. The van der Waals surface area contributed by atoms with Gasteiger partial charge in [0, 0.05) is 6.04 Å². The number of hydrogen-bond acceptors (Lipinski definition) is 1. The van der Waals surface area contributed by atoms with E-state index in [0.717, 1.165) is 29.7 Å². The van der Waals surface area contributed by atoms with Crippen molar-refractivity contribution in [3.8, 4) is 0 Å². The molecule has 1 unspecified atom stereocenters. The second-order valence-electron chi connectivity index (χ2n) is 9.07. The van der Waals surface area contributed by atoms with Crippen LogP contribution in [-0.4, -0.2) is 12.6 Å². The Morgan fingerprint density at radius 1 is 0.857 bits per heavy atom. The molecule has 1 N–H and O–H groups in total.